The Bertz CT molecular complexity index is 1420. The maximum absolute atomic E-state index is 5.41. The molecule has 6 nitrogen and oxygen atoms in total. The van der Waals surface area contributed by atoms with Crippen LogP contribution in [0.3, 0.4) is 0 Å². The highest BCUT2D eigenvalue weighted by molar-refractivity contribution is 7.17. The molecule has 0 bridgehead atoms. The third-order valence-corrected chi connectivity index (χ3v) is 6.45. The van der Waals surface area contributed by atoms with Crippen LogP contribution in [0.4, 0.5) is 5.82 Å². The summed E-state index contributed by atoms with van der Waals surface area (Å²) < 4.78 is 7.57. The van der Waals surface area contributed by atoms with Gasteiger partial charge in [-0.05, 0) is 30.7 Å². The average molecular weight is 428 g/mol. The molecule has 5 rings (SSSR count). The van der Waals surface area contributed by atoms with Gasteiger partial charge in [0, 0.05) is 40.2 Å². The molecular weight excluding hydrogens is 406 g/mol. The van der Waals surface area contributed by atoms with Gasteiger partial charge in [-0.25, -0.2) is 9.97 Å². The smallest absolute Gasteiger partial charge is 0.159 e. The number of hydrogen-bond donors (Lipinski definition) is 1. The molecule has 154 valence electrons. The number of ether oxygens (including phenoxy) is 1. The van der Waals surface area contributed by atoms with E-state index in [1.165, 1.54) is 0 Å². The second-order valence-corrected chi connectivity index (χ2v) is 8.09. The molecular formula is C24H21N5OS. The number of nitrogens with one attached hydrogen (secondary N) is 1. The lowest BCUT2D eigenvalue weighted by Crippen LogP contribution is -1.97. The number of anilines is 1. The van der Waals surface area contributed by atoms with E-state index in [0.29, 0.717) is 5.82 Å². The summed E-state index contributed by atoms with van der Waals surface area (Å²) in [5, 5.41) is 8.73. The average Bonchev–Trinajstić information content (AvgIpc) is 3.35. The van der Waals surface area contributed by atoms with Crippen molar-refractivity contribution in [2.75, 3.05) is 12.5 Å². The number of methoxy groups -OCH3 is 1. The molecule has 0 saturated carbocycles. The molecule has 0 fully saturated rings. The van der Waals surface area contributed by atoms with Gasteiger partial charge in [0.2, 0.25) is 0 Å². The molecule has 2 aromatic carbocycles. The number of aryl methyl sites for hydroxylation is 1. The Morgan fingerprint density at radius 2 is 1.97 bits per heavy atom. The zero-order valence-corrected chi connectivity index (χ0v) is 18.3. The minimum atomic E-state index is 0.692. The van der Waals surface area contributed by atoms with E-state index in [4.69, 9.17) is 4.74 Å². The maximum atomic E-state index is 5.41. The molecule has 3 heterocycles. The van der Waals surface area contributed by atoms with Crippen LogP contribution in [0.15, 0.2) is 65.3 Å². The second kappa shape index (κ2) is 7.85. The Hall–Kier alpha value is -3.71. The van der Waals surface area contributed by atoms with E-state index in [0.717, 1.165) is 49.3 Å². The van der Waals surface area contributed by atoms with Crippen LogP contribution in [0.1, 0.15) is 11.3 Å². The minimum Gasteiger partial charge on any atom is -0.497 e. The van der Waals surface area contributed by atoms with E-state index in [2.05, 4.69) is 62.6 Å². The topological polar surface area (TPSA) is 64.3 Å². The van der Waals surface area contributed by atoms with Crippen LogP contribution in [0, 0.1) is 6.92 Å². The molecule has 5 aromatic rings. The lowest BCUT2D eigenvalue weighted by atomic mass is 10.1. The quantitative estimate of drug-likeness (QED) is 0.292. The number of benzene rings is 2. The molecule has 0 atom stereocenters. The van der Waals surface area contributed by atoms with Crippen molar-refractivity contribution in [3.63, 3.8) is 0 Å². The first-order valence-corrected chi connectivity index (χ1v) is 10.7. The monoisotopic (exact) mass is 427 g/mol. The van der Waals surface area contributed by atoms with E-state index in [1.807, 2.05) is 36.5 Å². The van der Waals surface area contributed by atoms with Crippen LogP contribution >= 0.6 is 11.3 Å². The SMILES string of the molecule is COc1ccc2c(c1)c(/C=N/Nc1ncnc3scc(-c4ccccc4)c13)c(C)n2C. The molecule has 0 unspecified atom stereocenters. The summed E-state index contributed by atoms with van der Waals surface area (Å²) in [5.74, 6) is 1.51. The van der Waals surface area contributed by atoms with Gasteiger partial charge in [-0.1, -0.05) is 30.3 Å². The van der Waals surface area contributed by atoms with E-state index in [1.54, 1.807) is 24.8 Å². The molecule has 3 aromatic heterocycles. The van der Waals surface area contributed by atoms with Gasteiger partial charge < -0.3 is 9.30 Å². The fourth-order valence-electron chi connectivity index (χ4n) is 3.82. The molecule has 0 amide bonds. The molecule has 0 aliphatic carbocycles. The fraction of sp³-hybridized carbons (Fsp3) is 0.125. The Morgan fingerprint density at radius 3 is 2.77 bits per heavy atom. The third-order valence-electron chi connectivity index (χ3n) is 5.57. The van der Waals surface area contributed by atoms with Crippen LogP contribution in [0.25, 0.3) is 32.2 Å². The van der Waals surface area contributed by atoms with Crippen LogP contribution in [0.2, 0.25) is 0 Å². The van der Waals surface area contributed by atoms with Crippen LogP contribution in [0.5, 0.6) is 5.75 Å². The van der Waals surface area contributed by atoms with Gasteiger partial charge in [-0.15, -0.1) is 11.3 Å². The van der Waals surface area contributed by atoms with Gasteiger partial charge in [0.25, 0.3) is 0 Å². The summed E-state index contributed by atoms with van der Waals surface area (Å²) in [6, 6.07) is 16.3. The number of rotatable bonds is 5. The Kier molecular flexibility index (Phi) is 4.88. The molecule has 0 aliphatic rings. The van der Waals surface area contributed by atoms with Crippen molar-refractivity contribution in [3.05, 3.63) is 71.5 Å². The first-order chi connectivity index (χ1) is 15.2. The number of aromatic nitrogens is 3. The van der Waals surface area contributed by atoms with Crippen molar-refractivity contribution in [1.29, 1.82) is 0 Å². The van der Waals surface area contributed by atoms with Gasteiger partial charge >= 0.3 is 0 Å². The summed E-state index contributed by atoms with van der Waals surface area (Å²) in [5.41, 5.74) is 8.68. The lowest BCUT2D eigenvalue weighted by Gasteiger charge is -2.04. The largest absolute Gasteiger partial charge is 0.497 e. The first kappa shape index (κ1) is 19.3. The Balaban J connectivity index is 1.54. The number of nitrogens with zero attached hydrogens (tertiary/aromatic N) is 4. The number of hydrogen-bond acceptors (Lipinski definition) is 6. The highest BCUT2D eigenvalue weighted by Gasteiger charge is 2.14. The van der Waals surface area contributed by atoms with Gasteiger partial charge in [0.1, 0.15) is 16.9 Å². The van der Waals surface area contributed by atoms with Crippen LogP contribution in [-0.4, -0.2) is 27.9 Å². The van der Waals surface area contributed by atoms with Crippen molar-refractivity contribution in [1.82, 2.24) is 14.5 Å². The summed E-state index contributed by atoms with van der Waals surface area (Å²) in [6.45, 7) is 2.09. The Labute approximate surface area is 183 Å². The highest BCUT2D eigenvalue weighted by atomic mass is 32.1. The standard InChI is InChI=1S/C24H21N5OS/c1-15-19(18-11-17(30-3)9-10-21(18)29(15)2)12-27-28-23-22-20(16-7-5-4-6-8-16)13-31-24(22)26-14-25-23/h4-14H,1-3H3,(H,25,26,28)/b27-12+. The molecule has 7 heteroatoms. The van der Waals surface area contributed by atoms with Crippen molar-refractivity contribution in [3.8, 4) is 16.9 Å². The molecule has 0 aliphatic heterocycles. The summed E-state index contributed by atoms with van der Waals surface area (Å²) in [7, 11) is 3.73. The van der Waals surface area contributed by atoms with Crippen molar-refractivity contribution in [2.24, 2.45) is 12.1 Å². The number of fused-ring (bicyclic) bond motifs is 2. The molecule has 31 heavy (non-hydrogen) atoms. The summed E-state index contributed by atoms with van der Waals surface area (Å²) >= 11 is 1.60. The molecule has 0 radical (unpaired) electrons. The zero-order chi connectivity index (χ0) is 21.4. The van der Waals surface area contributed by atoms with E-state index < -0.39 is 0 Å². The molecule has 0 spiro atoms. The van der Waals surface area contributed by atoms with Gasteiger partial charge in [-0.2, -0.15) is 5.10 Å². The Morgan fingerprint density at radius 1 is 1.13 bits per heavy atom. The predicted molar refractivity (Wildman–Crippen MR) is 128 cm³/mol. The van der Waals surface area contributed by atoms with Crippen LogP contribution < -0.4 is 10.2 Å². The van der Waals surface area contributed by atoms with Gasteiger partial charge in [0.15, 0.2) is 5.82 Å². The van der Waals surface area contributed by atoms with Crippen molar-refractivity contribution >= 4 is 44.5 Å². The van der Waals surface area contributed by atoms with E-state index >= 15 is 0 Å². The molecule has 1 N–H and O–H groups in total. The van der Waals surface area contributed by atoms with E-state index in [9.17, 15) is 0 Å². The number of thiophene rings is 1. The van der Waals surface area contributed by atoms with Gasteiger partial charge in [-0.3, -0.25) is 5.43 Å². The maximum Gasteiger partial charge on any atom is 0.159 e. The number of hydrazone groups is 1. The van der Waals surface area contributed by atoms with Crippen molar-refractivity contribution < 1.29 is 4.74 Å². The highest BCUT2D eigenvalue weighted by Crippen LogP contribution is 2.36. The fourth-order valence-corrected chi connectivity index (χ4v) is 4.73. The minimum absolute atomic E-state index is 0.692. The van der Waals surface area contributed by atoms with E-state index in [-0.39, 0.29) is 0 Å². The third kappa shape index (κ3) is 3.33. The summed E-state index contributed by atoms with van der Waals surface area (Å²) in [4.78, 5) is 9.82. The lowest BCUT2D eigenvalue weighted by molar-refractivity contribution is 0.415. The van der Waals surface area contributed by atoms with Crippen LogP contribution in [-0.2, 0) is 7.05 Å². The second-order valence-electron chi connectivity index (χ2n) is 7.23. The predicted octanol–water partition coefficient (Wildman–Crippen LogP) is 5.61. The van der Waals surface area contributed by atoms with Gasteiger partial charge in [0.05, 0.1) is 18.7 Å². The first-order valence-electron chi connectivity index (χ1n) is 9.87. The molecule has 0 saturated heterocycles. The normalized spacial score (nSPS) is 11.6. The summed E-state index contributed by atoms with van der Waals surface area (Å²) in [6.07, 6.45) is 3.42. The van der Waals surface area contributed by atoms with Crippen molar-refractivity contribution in [2.45, 2.75) is 6.92 Å². The zero-order valence-electron chi connectivity index (χ0n) is 17.5.